The van der Waals surface area contributed by atoms with Crippen molar-refractivity contribution in [1.82, 2.24) is 9.29 Å². The van der Waals surface area contributed by atoms with E-state index < -0.39 is 28.5 Å². The number of carbonyl (C=O) groups is 2. The van der Waals surface area contributed by atoms with Gasteiger partial charge in [-0.05, 0) is 50.1 Å². The molecular weight excluding hydrogens is 410 g/mol. The van der Waals surface area contributed by atoms with Gasteiger partial charge in [0.05, 0.1) is 11.5 Å². The minimum absolute atomic E-state index is 0.107. The van der Waals surface area contributed by atoms with Crippen LogP contribution in [-0.2, 0) is 19.6 Å². The van der Waals surface area contributed by atoms with Gasteiger partial charge in [0, 0.05) is 25.0 Å². The third-order valence-electron chi connectivity index (χ3n) is 4.43. The number of rotatable bonds is 8. The molecule has 0 atom stereocenters. The minimum Gasteiger partial charge on any atom is -0.477 e. The van der Waals surface area contributed by atoms with Gasteiger partial charge in [-0.25, -0.2) is 18.2 Å². The number of nitrogens with one attached hydrogen (secondary N) is 1. The number of hydrogen-bond acceptors (Lipinski definition) is 7. The lowest BCUT2D eigenvalue weighted by Crippen LogP contribution is -2.28. The lowest BCUT2D eigenvalue weighted by atomic mass is 10.3. The molecular formula is C20H23N3O6S. The number of ether oxygens (including phenoxy) is 2. The third kappa shape index (κ3) is 5.14. The van der Waals surface area contributed by atoms with E-state index in [1.54, 1.807) is 25.1 Å². The molecule has 9 nitrogen and oxygen atoms in total. The Morgan fingerprint density at radius 3 is 2.67 bits per heavy atom. The van der Waals surface area contributed by atoms with Crippen LogP contribution in [-0.4, -0.2) is 55.9 Å². The topological polar surface area (TPSA) is 115 Å². The van der Waals surface area contributed by atoms with Crippen LogP contribution < -0.4 is 10.1 Å². The fraction of sp³-hybridized carbons (Fsp3) is 0.350. The fourth-order valence-electron chi connectivity index (χ4n) is 3.02. The number of nitrogens with zero attached hydrogens (tertiary/aromatic N) is 2. The lowest BCUT2D eigenvalue weighted by molar-refractivity contribution is -0.119. The number of hydrogen-bond donors (Lipinski definition) is 1. The van der Waals surface area contributed by atoms with Crippen LogP contribution in [0.5, 0.6) is 5.88 Å². The van der Waals surface area contributed by atoms with E-state index in [2.05, 4.69) is 10.3 Å². The molecule has 0 unspecified atom stereocenters. The highest BCUT2D eigenvalue weighted by Gasteiger charge is 2.27. The average Bonchev–Trinajstić information content (AvgIpc) is 3.29. The van der Waals surface area contributed by atoms with Crippen LogP contribution in [0.3, 0.4) is 0 Å². The van der Waals surface area contributed by atoms with Crippen LogP contribution in [0.1, 0.15) is 30.1 Å². The molecule has 10 heteroatoms. The number of esters is 1. The molecule has 0 spiro atoms. The molecule has 1 aromatic carbocycles. The maximum absolute atomic E-state index is 12.7. The van der Waals surface area contributed by atoms with Crippen LogP contribution in [0, 0.1) is 0 Å². The predicted molar refractivity (Wildman–Crippen MR) is 109 cm³/mol. The minimum atomic E-state index is -3.59. The van der Waals surface area contributed by atoms with Gasteiger partial charge in [-0.1, -0.05) is 6.07 Å². The zero-order valence-corrected chi connectivity index (χ0v) is 17.4. The van der Waals surface area contributed by atoms with Crippen LogP contribution in [0.25, 0.3) is 0 Å². The number of benzene rings is 1. The molecule has 1 aliphatic heterocycles. The molecule has 2 heterocycles. The molecule has 1 N–H and O–H groups in total. The van der Waals surface area contributed by atoms with Crippen LogP contribution in [0.2, 0.25) is 0 Å². The molecule has 0 saturated carbocycles. The Kier molecular flexibility index (Phi) is 7.01. The van der Waals surface area contributed by atoms with Gasteiger partial charge < -0.3 is 14.8 Å². The van der Waals surface area contributed by atoms with Gasteiger partial charge in [0.15, 0.2) is 6.61 Å². The molecule has 1 aromatic heterocycles. The molecule has 1 aliphatic rings. The SMILES string of the molecule is CCOc1ncccc1C(=O)OCC(=O)Nc1cccc(S(=O)(=O)N2CCCC2)c1. The monoisotopic (exact) mass is 433 g/mol. The summed E-state index contributed by atoms with van der Waals surface area (Å²) < 4.78 is 37.0. The molecule has 30 heavy (non-hydrogen) atoms. The zero-order valence-electron chi connectivity index (χ0n) is 16.5. The van der Waals surface area contributed by atoms with Gasteiger partial charge in [0.1, 0.15) is 5.56 Å². The summed E-state index contributed by atoms with van der Waals surface area (Å²) in [5.74, 6) is -1.21. The van der Waals surface area contributed by atoms with Crippen molar-refractivity contribution in [2.75, 3.05) is 31.6 Å². The molecule has 2 aromatic rings. The Balaban J connectivity index is 1.61. The standard InChI is InChI=1S/C20H23N3O6S/c1-2-28-19-17(9-6-10-21-19)20(25)29-14-18(24)22-15-7-5-8-16(13-15)30(26,27)23-11-3-4-12-23/h5-10,13H,2-4,11-12,14H2,1H3,(H,22,24). The lowest BCUT2D eigenvalue weighted by Gasteiger charge is -2.16. The maximum atomic E-state index is 12.7. The molecule has 160 valence electrons. The van der Waals surface area contributed by atoms with Crippen LogP contribution >= 0.6 is 0 Å². The van der Waals surface area contributed by atoms with E-state index in [0.29, 0.717) is 25.4 Å². The number of anilines is 1. The molecule has 1 saturated heterocycles. The van der Waals surface area contributed by atoms with E-state index in [4.69, 9.17) is 9.47 Å². The van der Waals surface area contributed by atoms with Gasteiger partial charge in [-0.2, -0.15) is 4.31 Å². The summed E-state index contributed by atoms with van der Waals surface area (Å²) >= 11 is 0. The van der Waals surface area contributed by atoms with Gasteiger partial charge in [-0.15, -0.1) is 0 Å². The summed E-state index contributed by atoms with van der Waals surface area (Å²) in [6.45, 7) is 2.53. The van der Waals surface area contributed by atoms with Crippen LogP contribution in [0.15, 0.2) is 47.5 Å². The van der Waals surface area contributed by atoms with Crippen molar-refractivity contribution in [3.63, 3.8) is 0 Å². The first-order chi connectivity index (χ1) is 14.4. The Bertz CT molecular complexity index is 1020. The van der Waals surface area contributed by atoms with Crippen molar-refractivity contribution < 1.29 is 27.5 Å². The summed E-state index contributed by atoms with van der Waals surface area (Å²) in [6, 6.07) is 9.05. The first-order valence-electron chi connectivity index (χ1n) is 9.57. The largest absolute Gasteiger partial charge is 0.477 e. The van der Waals surface area contributed by atoms with Gasteiger partial charge in [-0.3, -0.25) is 4.79 Å². The number of sulfonamides is 1. The Morgan fingerprint density at radius 2 is 1.93 bits per heavy atom. The van der Waals surface area contributed by atoms with Gasteiger partial charge in [0.2, 0.25) is 15.9 Å². The fourth-order valence-corrected chi connectivity index (χ4v) is 4.58. The van der Waals surface area contributed by atoms with Gasteiger partial charge >= 0.3 is 5.97 Å². The van der Waals surface area contributed by atoms with Crippen molar-refractivity contribution in [3.8, 4) is 5.88 Å². The summed E-state index contributed by atoms with van der Waals surface area (Å²) in [5, 5.41) is 2.55. The van der Waals surface area contributed by atoms with E-state index >= 15 is 0 Å². The van der Waals surface area contributed by atoms with E-state index in [0.717, 1.165) is 12.8 Å². The predicted octanol–water partition coefficient (Wildman–Crippen LogP) is 2.06. The quantitative estimate of drug-likeness (QED) is 0.634. The van der Waals surface area contributed by atoms with E-state index in [-0.39, 0.29) is 16.3 Å². The summed E-state index contributed by atoms with van der Waals surface area (Å²) in [4.78, 5) is 28.5. The van der Waals surface area contributed by atoms with E-state index in [1.807, 2.05) is 0 Å². The molecule has 0 radical (unpaired) electrons. The van der Waals surface area contributed by atoms with Crippen molar-refractivity contribution in [2.45, 2.75) is 24.7 Å². The zero-order chi connectivity index (χ0) is 21.6. The highest BCUT2D eigenvalue weighted by Crippen LogP contribution is 2.23. The highest BCUT2D eigenvalue weighted by atomic mass is 32.2. The number of carbonyl (C=O) groups excluding carboxylic acids is 2. The van der Waals surface area contributed by atoms with E-state index in [9.17, 15) is 18.0 Å². The molecule has 1 amide bonds. The van der Waals surface area contributed by atoms with Crippen molar-refractivity contribution in [2.24, 2.45) is 0 Å². The molecule has 3 rings (SSSR count). The van der Waals surface area contributed by atoms with Crippen LogP contribution in [0.4, 0.5) is 5.69 Å². The Hall–Kier alpha value is -2.98. The Morgan fingerprint density at radius 1 is 1.17 bits per heavy atom. The first-order valence-corrected chi connectivity index (χ1v) is 11.0. The Labute approximate surface area is 175 Å². The second kappa shape index (κ2) is 9.68. The molecule has 0 bridgehead atoms. The highest BCUT2D eigenvalue weighted by molar-refractivity contribution is 7.89. The normalized spacial score (nSPS) is 14.3. The van der Waals surface area contributed by atoms with E-state index in [1.165, 1.54) is 28.7 Å². The summed E-state index contributed by atoms with van der Waals surface area (Å²) in [7, 11) is -3.59. The van der Waals surface area contributed by atoms with Crippen molar-refractivity contribution in [1.29, 1.82) is 0 Å². The smallest absolute Gasteiger partial charge is 0.344 e. The van der Waals surface area contributed by atoms with Crippen molar-refractivity contribution in [3.05, 3.63) is 48.2 Å². The maximum Gasteiger partial charge on any atom is 0.344 e. The van der Waals surface area contributed by atoms with Crippen molar-refractivity contribution >= 4 is 27.6 Å². The second-order valence-corrected chi connectivity index (χ2v) is 8.49. The average molecular weight is 433 g/mol. The number of aromatic nitrogens is 1. The number of pyridine rings is 1. The van der Waals surface area contributed by atoms with Gasteiger partial charge in [0.25, 0.3) is 5.91 Å². The number of amides is 1. The summed E-state index contributed by atoms with van der Waals surface area (Å²) in [6.07, 6.45) is 3.16. The third-order valence-corrected chi connectivity index (χ3v) is 6.32. The second-order valence-electron chi connectivity index (χ2n) is 6.55. The molecule has 0 aliphatic carbocycles. The summed E-state index contributed by atoms with van der Waals surface area (Å²) in [5.41, 5.74) is 0.415. The first kappa shape index (κ1) is 21.7. The molecule has 1 fully saturated rings.